The molecule has 0 heterocycles. The molecule has 0 aliphatic rings. The van der Waals surface area contributed by atoms with Gasteiger partial charge in [-0.1, -0.05) is 13.2 Å². The molecule has 0 saturated carbocycles. The summed E-state index contributed by atoms with van der Waals surface area (Å²) in [6, 6.07) is 0. The van der Waals surface area contributed by atoms with Gasteiger partial charge in [-0.25, -0.2) is 0 Å². The van der Waals surface area contributed by atoms with Crippen LogP contribution in [0.3, 0.4) is 0 Å². The highest BCUT2D eigenvalue weighted by Gasteiger charge is 2.08. The van der Waals surface area contributed by atoms with E-state index in [-0.39, 0.29) is 5.91 Å². The van der Waals surface area contributed by atoms with Crippen LogP contribution in [0.4, 0.5) is 0 Å². The average molecular weight is 195 g/mol. The van der Waals surface area contributed by atoms with E-state index in [4.69, 9.17) is 0 Å². The standard InChI is InChI=1S/C11H18N2O/c1-5-9-13(3,4)10-7-8-12-11(14)6-2/h5-8H,1-2,9-10H2,3-4H3/p+1. The zero-order valence-corrected chi connectivity index (χ0v) is 8.99. The predicted molar refractivity (Wildman–Crippen MR) is 59.5 cm³/mol. The number of amides is 1. The average Bonchev–Trinajstić information content (AvgIpc) is 2.12. The van der Waals surface area contributed by atoms with Crippen LogP contribution in [0.15, 0.2) is 37.6 Å². The van der Waals surface area contributed by atoms with Gasteiger partial charge in [0.05, 0.1) is 27.2 Å². The van der Waals surface area contributed by atoms with Gasteiger partial charge in [-0.15, -0.1) is 0 Å². The normalized spacial score (nSPS) is 11.3. The lowest BCUT2D eigenvalue weighted by atomic mass is 10.4. The van der Waals surface area contributed by atoms with Crippen molar-refractivity contribution in [2.24, 2.45) is 0 Å². The van der Waals surface area contributed by atoms with Gasteiger partial charge in [0.1, 0.15) is 0 Å². The van der Waals surface area contributed by atoms with E-state index < -0.39 is 0 Å². The minimum Gasteiger partial charge on any atom is -0.329 e. The first-order valence-electron chi connectivity index (χ1n) is 4.52. The van der Waals surface area contributed by atoms with E-state index in [0.717, 1.165) is 17.6 Å². The van der Waals surface area contributed by atoms with Crippen LogP contribution in [-0.4, -0.2) is 37.6 Å². The highest BCUT2D eigenvalue weighted by Crippen LogP contribution is 1.96. The van der Waals surface area contributed by atoms with Crippen molar-refractivity contribution in [3.05, 3.63) is 37.6 Å². The summed E-state index contributed by atoms with van der Waals surface area (Å²) in [5, 5.41) is 2.57. The summed E-state index contributed by atoms with van der Waals surface area (Å²) < 4.78 is 0.823. The summed E-state index contributed by atoms with van der Waals surface area (Å²) in [5.41, 5.74) is 0. The molecule has 0 saturated heterocycles. The fourth-order valence-corrected chi connectivity index (χ4v) is 0.962. The third-order valence-electron chi connectivity index (χ3n) is 1.75. The van der Waals surface area contributed by atoms with E-state index in [2.05, 4.69) is 32.6 Å². The maximum Gasteiger partial charge on any atom is 0.247 e. The summed E-state index contributed by atoms with van der Waals surface area (Å²) in [6.45, 7) is 8.80. The van der Waals surface area contributed by atoms with Crippen LogP contribution in [0.2, 0.25) is 0 Å². The Morgan fingerprint density at radius 1 is 1.36 bits per heavy atom. The van der Waals surface area contributed by atoms with E-state index in [1.54, 1.807) is 6.20 Å². The van der Waals surface area contributed by atoms with Crippen molar-refractivity contribution in [2.45, 2.75) is 0 Å². The van der Waals surface area contributed by atoms with Crippen molar-refractivity contribution >= 4 is 5.91 Å². The Labute approximate surface area is 86.0 Å². The molecule has 0 spiro atoms. The second-order valence-corrected chi connectivity index (χ2v) is 3.70. The van der Waals surface area contributed by atoms with Gasteiger partial charge in [-0.3, -0.25) is 4.79 Å². The Morgan fingerprint density at radius 3 is 2.50 bits per heavy atom. The smallest absolute Gasteiger partial charge is 0.247 e. The topological polar surface area (TPSA) is 29.1 Å². The van der Waals surface area contributed by atoms with Crippen LogP contribution in [-0.2, 0) is 4.79 Å². The maximum atomic E-state index is 10.8. The summed E-state index contributed by atoms with van der Waals surface area (Å²) in [5.74, 6) is -0.185. The Morgan fingerprint density at radius 2 is 2.00 bits per heavy atom. The first kappa shape index (κ1) is 12.7. The van der Waals surface area contributed by atoms with Crippen LogP contribution in [0.25, 0.3) is 0 Å². The van der Waals surface area contributed by atoms with Crippen LogP contribution in [0, 0.1) is 0 Å². The lowest BCUT2D eigenvalue weighted by Gasteiger charge is -2.26. The van der Waals surface area contributed by atoms with Crippen molar-refractivity contribution < 1.29 is 9.28 Å². The van der Waals surface area contributed by atoms with Gasteiger partial charge in [0.25, 0.3) is 0 Å². The van der Waals surface area contributed by atoms with E-state index >= 15 is 0 Å². The lowest BCUT2D eigenvalue weighted by molar-refractivity contribution is -0.878. The van der Waals surface area contributed by atoms with Gasteiger partial charge >= 0.3 is 0 Å². The van der Waals surface area contributed by atoms with Crippen LogP contribution in [0.5, 0.6) is 0 Å². The number of hydrogen-bond acceptors (Lipinski definition) is 1. The molecular weight excluding hydrogens is 176 g/mol. The molecule has 0 bridgehead atoms. The number of nitrogens with zero attached hydrogens (tertiary/aromatic N) is 1. The van der Waals surface area contributed by atoms with E-state index in [0.29, 0.717) is 0 Å². The van der Waals surface area contributed by atoms with Crippen molar-refractivity contribution in [3.8, 4) is 0 Å². The van der Waals surface area contributed by atoms with Crippen molar-refractivity contribution in [3.63, 3.8) is 0 Å². The zero-order chi connectivity index (χ0) is 11.0. The molecule has 3 heteroatoms. The predicted octanol–water partition coefficient (Wildman–Crippen LogP) is 1.06. The molecule has 1 amide bonds. The van der Waals surface area contributed by atoms with Crippen LogP contribution < -0.4 is 5.32 Å². The summed E-state index contributed by atoms with van der Waals surface area (Å²) in [4.78, 5) is 10.8. The number of carbonyl (C=O) groups excluding carboxylic acids is 1. The van der Waals surface area contributed by atoms with E-state index in [1.165, 1.54) is 6.08 Å². The highest BCUT2D eigenvalue weighted by atomic mass is 16.1. The molecule has 0 aromatic carbocycles. The number of likely N-dealkylation sites (N-methyl/N-ethyl adjacent to an activating group) is 1. The van der Waals surface area contributed by atoms with Crippen LogP contribution >= 0.6 is 0 Å². The highest BCUT2D eigenvalue weighted by molar-refractivity contribution is 5.87. The molecule has 0 aromatic heterocycles. The molecule has 0 aliphatic heterocycles. The summed E-state index contributed by atoms with van der Waals surface area (Å²) in [7, 11) is 4.20. The Kier molecular flexibility index (Phi) is 5.56. The third kappa shape index (κ3) is 6.20. The van der Waals surface area contributed by atoms with E-state index in [9.17, 15) is 4.79 Å². The Hall–Kier alpha value is -1.35. The number of hydrogen-bond donors (Lipinski definition) is 1. The van der Waals surface area contributed by atoms with Crippen molar-refractivity contribution in [2.75, 3.05) is 27.2 Å². The number of quaternary nitrogens is 1. The van der Waals surface area contributed by atoms with Gasteiger partial charge in [0, 0.05) is 6.20 Å². The molecule has 0 rings (SSSR count). The zero-order valence-electron chi connectivity index (χ0n) is 8.99. The fraction of sp³-hybridized carbons (Fsp3) is 0.364. The number of carbonyl (C=O) groups is 1. The third-order valence-corrected chi connectivity index (χ3v) is 1.75. The molecule has 0 aromatic rings. The van der Waals surface area contributed by atoms with Crippen LogP contribution in [0.1, 0.15) is 0 Å². The molecule has 3 nitrogen and oxygen atoms in total. The molecule has 14 heavy (non-hydrogen) atoms. The minimum absolute atomic E-state index is 0.185. The lowest BCUT2D eigenvalue weighted by Crippen LogP contribution is -2.39. The molecule has 0 atom stereocenters. The quantitative estimate of drug-likeness (QED) is 0.383. The minimum atomic E-state index is -0.185. The molecule has 0 fully saturated rings. The first-order chi connectivity index (χ1) is 6.52. The van der Waals surface area contributed by atoms with Gasteiger partial charge in [-0.2, -0.15) is 0 Å². The van der Waals surface area contributed by atoms with Gasteiger partial charge in [-0.05, 0) is 18.2 Å². The molecule has 1 N–H and O–H groups in total. The SMILES string of the molecule is C=CC[N+](C)(C)CC=CNC(=O)C=C. The van der Waals surface area contributed by atoms with Gasteiger partial charge in [0.2, 0.25) is 5.91 Å². The second kappa shape index (κ2) is 6.16. The largest absolute Gasteiger partial charge is 0.329 e. The van der Waals surface area contributed by atoms with Crippen molar-refractivity contribution in [1.82, 2.24) is 5.32 Å². The molecule has 0 radical (unpaired) electrons. The molecular formula is C11H19N2O+. The van der Waals surface area contributed by atoms with E-state index in [1.807, 2.05) is 12.2 Å². The summed E-state index contributed by atoms with van der Waals surface area (Å²) >= 11 is 0. The molecule has 0 aliphatic carbocycles. The number of nitrogens with one attached hydrogen (secondary N) is 1. The molecule has 0 unspecified atom stereocenters. The Balaban J connectivity index is 3.86. The van der Waals surface area contributed by atoms with Gasteiger partial charge < -0.3 is 9.80 Å². The first-order valence-corrected chi connectivity index (χ1v) is 4.52. The van der Waals surface area contributed by atoms with Crippen molar-refractivity contribution in [1.29, 1.82) is 0 Å². The van der Waals surface area contributed by atoms with Gasteiger partial charge in [0.15, 0.2) is 0 Å². The molecule has 78 valence electrons. The maximum absolute atomic E-state index is 10.8. The Bertz CT molecular complexity index is 242. The summed E-state index contributed by atoms with van der Waals surface area (Å²) in [6.07, 6.45) is 6.70. The number of rotatable bonds is 6. The monoisotopic (exact) mass is 195 g/mol. The second-order valence-electron chi connectivity index (χ2n) is 3.70. The fourth-order valence-electron chi connectivity index (χ4n) is 0.962.